The quantitative estimate of drug-likeness (QED) is 0.517. The van der Waals surface area contributed by atoms with Gasteiger partial charge in [0.05, 0.1) is 10.5 Å². The second-order valence-electron chi connectivity index (χ2n) is 4.34. The molecule has 0 aliphatic heterocycles. The summed E-state index contributed by atoms with van der Waals surface area (Å²) in [5.74, 6) is 0. The second-order valence-corrected chi connectivity index (χ2v) is 5.25. The van der Waals surface area contributed by atoms with Crippen molar-refractivity contribution in [3.05, 3.63) is 81.2 Å². The maximum Gasteiger partial charge on any atom is 0.277 e. The van der Waals surface area contributed by atoms with E-state index in [1.165, 1.54) is 0 Å². The molecular weight excluding hydrogens is 270 g/mol. The molecule has 4 heteroatoms. The number of rotatable bonds is 3. The van der Waals surface area contributed by atoms with Crippen LogP contribution in [0.25, 0.3) is 21.9 Å². The van der Waals surface area contributed by atoms with Crippen molar-refractivity contribution in [2.24, 2.45) is 0 Å². The molecule has 2 aromatic carbocycles. The van der Waals surface area contributed by atoms with E-state index in [0.29, 0.717) is 5.56 Å². The van der Waals surface area contributed by atoms with Crippen LogP contribution < -0.4 is 0 Å². The molecule has 3 nitrogen and oxygen atoms in total. The van der Waals surface area contributed by atoms with Gasteiger partial charge in [-0.2, -0.15) is 0 Å². The summed E-state index contributed by atoms with van der Waals surface area (Å²) >= 11 is 1.60. The third-order valence-electron chi connectivity index (χ3n) is 3.07. The summed E-state index contributed by atoms with van der Waals surface area (Å²) < 4.78 is 1.13. The van der Waals surface area contributed by atoms with Crippen molar-refractivity contribution in [3.63, 3.8) is 0 Å². The van der Waals surface area contributed by atoms with E-state index in [-0.39, 0.29) is 10.6 Å². The molecule has 0 bridgehead atoms. The molecular formula is C16H11NO2S. The van der Waals surface area contributed by atoms with Gasteiger partial charge >= 0.3 is 0 Å². The zero-order valence-electron chi connectivity index (χ0n) is 10.5. The fourth-order valence-corrected chi connectivity index (χ4v) is 3.03. The van der Waals surface area contributed by atoms with Gasteiger partial charge in [0, 0.05) is 10.8 Å². The average Bonchev–Trinajstić information content (AvgIpc) is 2.88. The molecule has 0 saturated carbocycles. The van der Waals surface area contributed by atoms with Gasteiger partial charge in [0.25, 0.3) is 5.70 Å². The maximum absolute atomic E-state index is 11.3. The fourth-order valence-electron chi connectivity index (χ4n) is 2.11. The first-order valence-electron chi connectivity index (χ1n) is 6.13. The number of nitrogens with zero attached hydrogens (tertiary/aromatic N) is 1. The lowest BCUT2D eigenvalue weighted by Crippen LogP contribution is -1.97. The topological polar surface area (TPSA) is 43.1 Å². The van der Waals surface area contributed by atoms with Crippen LogP contribution in [-0.4, -0.2) is 4.92 Å². The lowest BCUT2D eigenvalue weighted by molar-refractivity contribution is -0.374. The normalized spacial score (nSPS) is 11.7. The number of thiophene rings is 1. The van der Waals surface area contributed by atoms with E-state index < -0.39 is 0 Å². The minimum atomic E-state index is -0.332. The first-order valence-corrected chi connectivity index (χ1v) is 7.01. The first-order chi connectivity index (χ1) is 9.75. The van der Waals surface area contributed by atoms with E-state index >= 15 is 0 Å². The molecule has 0 aliphatic carbocycles. The van der Waals surface area contributed by atoms with E-state index in [4.69, 9.17) is 0 Å². The summed E-state index contributed by atoms with van der Waals surface area (Å²) in [5.41, 5.74) is 1.63. The average molecular weight is 281 g/mol. The van der Waals surface area contributed by atoms with Gasteiger partial charge in [0.15, 0.2) is 0 Å². The minimum absolute atomic E-state index is 0.120. The molecule has 1 heterocycles. The molecule has 3 aromatic rings. The number of benzene rings is 2. The molecule has 0 spiro atoms. The summed E-state index contributed by atoms with van der Waals surface area (Å²) in [4.78, 5) is 11.0. The van der Waals surface area contributed by atoms with Gasteiger partial charge in [0.2, 0.25) is 0 Å². The van der Waals surface area contributed by atoms with Gasteiger partial charge in [-0.15, -0.1) is 11.3 Å². The number of nitro groups is 1. The van der Waals surface area contributed by atoms with Crippen molar-refractivity contribution in [1.82, 2.24) is 0 Å². The fraction of sp³-hybridized carbons (Fsp3) is 0. The Balaban J connectivity index is 2.15. The van der Waals surface area contributed by atoms with Crippen molar-refractivity contribution in [2.45, 2.75) is 0 Å². The molecule has 3 rings (SSSR count). The molecule has 0 radical (unpaired) electrons. The molecule has 0 unspecified atom stereocenters. The Morgan fingerprint density at radius 3 is 2.50 bits per heavy atom. The van der Waals surface area contributed by atoms with Gasteiger partial charge < -0.3 is 0 Å². The Bertz CT molecular complexity index is 790. The van der Waals surface area contributed by atoms with Crippen molar-refractivity contribution < 1.29 is 4.92 Å². The number of hydrogen-bond donors (Lipinski definition) is 0. The standard InChI is InChI=1S/C16H11NO2S/c18-17(19)15(12-6-2-1-3-7-12)10-13-11-20-16-9-5-4-8-14(13)16/h1-11H. The molecule has 0 amide bonds. The number of hydrogen-bond acceptors (Lipinski definition) is 3. The smallest absolute Gasteiger partial charge is 0.258 e. The lowest BCUT2D eigenvalue weighted by Gasteiger charge is -1.98. The van der Waals surface area contributed by atoms with Crippen LogP contribution in [0.3, 0.4) is 0 Å². The van der Waals surface area contributed by atoms with Crippen LogP contribution >= 0.6 is 11.3 Å². The Morgan fingerprint density at radius 2 is 1.75 bits per heavy atom. The molecule has 0 atom stereocenters. The van der Waals surface area contributed by atoms with Crippen LogP contribution in [0, 0.1) is 10.1 Å². The van der Waals surface area contributed by atoms with Crippen LogP contribution in [0.15, 0.2) is 60.0 Å². The summed E-state index contributed by atoms with van der Waals surface area (Å²) in [6.07, 6.45) is 1.65. The molecule has 98 valence electrons. The Morgan fingerprint density at radius 1 is 1.05 bits per heavy atom. The van der Waals surface area contributed by atoms with Crippen LogP contribution in [0.2, 0.25) is 0 Å². The Labute approximate surface area is 120 Å². The van der Waals surface area contributed by atoms with Crippen LogP contribution in [-0.2, 0) is 0 Å². The van der Waals surface area contributed by atoms with E-state index in [1.807, 2.05) is 35.7 Å². The van der Waals surface area contributed by atoms with Crippen LogP contribution in [0.5, 0.6) is 0 Å². The predicted molar refractivity (Wildman–Crippen MR) is 83.1 cm³/mol. The Hall–Kier alpha value is -2.46. The zero-order valence-corrected chi connectivity index (χ0v) is 11.3. The molecule has 0 fully saturated rings. The van der Waals surface area contributed by atoms with E-state index in [9.17, 15) is 10.1 Å². The number of fused-ring (bicyclic) bond motifs is 1. The van der Waals surface area contributed by atoms with Crippen molar-refractivity contribution in [2.75, 3.05) is 0 Å². The summed E-state index contributed by atoms with van der Waals surface area (Å²) in [7, 11) is 0. The highest BCUT2D eigenvalue weighted by Gasteiger charge is 2.14. The van der Waals surface area contributed by atoms with Crippen LogP contribution in [0.4, 0.5) is 0 Å². The van der Waals surface area contributed by atoms with Gasteiger partial charge in [-0.05, 0) is 34.5 Å². The zero-order chi connectivity index (χ0) is 13.9. The van der Waals surface area contributed by atoms with Crippen molar-refractivity contribution >= 4 is 33.2 Å². The third kappa shape index (κ3) is 2.33. The second kappa shape index (κ2) is 5.27. The highest BCUT2D eigenvalue weighted by atomic mass is 32.1. The van der Waals surface area contributed by atoms with E-state index in [1.54, 1.807) is 41.7 Å². The highest BCUT2D eigenvalue weighted by Crippen LogP contribution is 2.29. The third-order valence-corrected chi connectivity index (χ3v) is 4.05. The largest absolute Gasteiger partial charge is 0.277 e. The molecule has 1 aromatic heterocycles. The minimum Gasteiger partial charge on any atom is -0.258 e. The van der Waals surface area contributed by atoms with E-state index in [2.05, 4.69) is 0 Å². The van der Waals surface area contributed by atoms with Crippen molar-refractivity contribution in [3.8, 4) is 0 Å². The monoisotopic (exact) mass is 281 g/mol. The lowest BCUT2D eigenvalue weighted by atomic mass is 10.1. The molecule has 20 heavy (non-hydrogen) atoms. The molecule has 0 saturated heterocycles. The van der Waals surface area contributed by atoms with Crippen LogP contribution in [0.1, 0.15) is 11.1 Å². The van der Waals surface area contributed by atoms with E-state index in [0.717, 1.165) is 15.6 Å². The Kier molecular flexibility index (Phi) is 3.31. The molecule has 0 aliphatic rings. The molecule has 0 N–H and O–H groups in total. The summed E-state index contributed by atoms with van der Waals surface area (Å²) in [6, 6.07) is 16.9. The van der Waals surface area contributed by atoms with Crippen molar-refractivity contribution in [1.29, 1.82) is 0 Å². The SMILES string of the molecule is O=[N+]([O-])C(=Cc1csc2ccccc12)c1ccccc1. The van der Waals surface area contributed by atoms with Gasteiger partial charge in [-0.3, -0.25) is 10.1 Å². The first kappa shape index (κ1) is 12.6. The maximum atomic E-state index is 11.3. The summed E-state index contributed by atoms with van der Waals surface area (Å²) in [5, 5.41) is 14.3. The van der Waals surface area contributed by atoms with Gasteiger partial charge in [-0.1, -0.05) is 36.4 Å². The van der Waals surface area contributed by atoms with Gasteiger partial charge in [0.1, 0.15) is 0 Å². The highest BCUT2D eigenvalue weighted by molar-refractivity contribution is 7.17. The van der Waals surface area contributed by atoms with Gasteiger partial charge in [-0.25, -0.2) is 0 Å². The predicted octanol–water partition coefficient (Wildman–Crippen LogP) is 4.68. The summed E-state index contributed by atoms with van der Waals surface area (Å²) in [6.45, 7) is 0.